The first-order chi connectivity index (χ1) is 8.63. The van der Waals surface area contributed by atoms with Crippen molar-refractivity contribution >= 4 is 7.28 Å². The summed E-state index contributed by atoms with van der Waals surface area (Å²) < 4.78 is 0. The van der Waals surface area contributed by atoms with Crippen molar-refractivity contribution < 1.29 is 0 Å². The van der Waals surface area contributed by atoms with Crippen LogP contribution in [0.2, 0.25) is 6.32 Å². The molecule has 0 heterocycles. The van der Waals surface area contributed by atoms with Gasteiger partial charge in [0.25, 0.3) is 0 Å². The van der Waals surface area contributed by atoms with Gasteiger partial charge in [-0.05, 0) is 25.7 Å². The Morgan fingerprint density at radius 2 is 1.61 bits per heavy atom. The lowest BCUT2D eigenvalue weighted by Gasteiger charge is -2.25. The molecule has 0 saturated heterocycles. The SMILES string of the molecule is Cc1cc(C)cc(C[B]CC2CCC(C)CC2)c1. The van der Waals surface area contributed by atoms with Crippen molar-refractivity contribution in [2.45, 2.75) is 59.1 Å². The standard InChI is InChI=1S/C17H26B/c1-13-4-6-16(7-5-13)11-18-12-17-9-14(2)8-15(3)10-17/h8-10,13,16H,4-7,11-12H2,1-3H3. The van der Waals surface area contributed by atoms with Crippen LogP contribution in [-0.4, -0.2) is 7.28 Å². The van der Waals surface area contributed by atoms with E-state index in [-0.39, 0.29) is 0 Å². The summed E-state index contributed by atoms with van der Waals surface area (Å²) in [7, 11) is 2.51. The van der Waals surface area contributed by atoms with Crippen LogP contribution in [0.4, 0.5) is 0 Å². The van der Waals surface area contributed by atoms with Crippen LogP contribution in [0.25, 0.3) is 0 Å². The van der Waals surface area contributed by atoms with Gasteiger partial charge in [-0.3, -0.25) is 0 Å². The Morgan fingerprint density at radius 3 is 2.22 bits per heavy atom. The lowest BCUT2D eigenvalue weighted by molar-refractivity contribution is 0.307. The zero-order valence-electron chi connectivity index (χ0n) is 12.2. The Hall–Kier alpha value is -0.715. The van der Waals surface area contributed by atoms with Crippen LogP contribution in [0, 0.1) is 25.7 Å². The van der Waals surface area contributed by atoms with Gasteiger partial charge in [0.15, 0.2) is 0 Å². The van der Waals surface area contributed by atoms with E-state index in [1.165, 1.54) is 48.7 Å². The maximum Gasteiger partial charge on any atom is 0.115 e. The second-order valence-electron chi connectivity index (χ2n) is 6.35. The number of hydrogen-bond acceptors (Lipinski definition) is 0. The molecule has 0 nitrogen and oxygen atoms in total. The molecule has 0 aromatic heterocycles. The van der Waals surface area contributed by atoms with E-state index in [9.17, 15) is 0 Å². The molecule has 0 N–H and O–H groups in total. The van der Waals surface area contributed by atoms with Gasteiger partial charge in [-0.2, -0.15) is 0 Å². The minimum Gasteiger partial charge on any atom is -0.0771 e. The van der Waals surface area contributed by atoms with Crippen molar-refractivity contribution in [1.82, 2.24) is 0 Å². The highest BCUT2D eigenvalue weighted by molar-refractivity contribution is 6.35. The van der Waals surface area contributed by atoms with Crippen LogP contribution in [0.15, 0.2) is 18.2 Å². The van der Waals surface area contributed by atoms with E-state index in [2.05, 4.69) is 46.2 Å². The molecule has 0 unspecified atom stereocenters. The number of hydrogen-bond donors (Lipinski definition) is 0. The number of benzene rings is 1. The van der Waals surface area contributed by atoms with E-state index in [4.69, 9.17) is 0 Å². The Balaban J connectivity index is 1.74. The van der Waals surface area contributed by atoms with Crippen molar-refractivity contribution in [3.63, 3.8) is 0 Å². The predicted molar refractivity (Wildman–Crippen MR) is 81.3 cm³/mol. The molecule has 1 aliphatic rings. The van der Waals surface area contributed by atoms with Gasteiger partial charge >= 0.3 is 0 Å². The molecular formula is C17H26B. The van der Waals surface area contributed by atoms with Crippen molar-refractivity contribution in [2.24, 2.45) is 11.8 Å². The molecule has 0 bridgehead atoms. The summed E-state index contributed by atoms with van der Waals surface area (Å²) in [6, 6.07) is 6.91. The van der Waals surface area contributed by atoms with Gasteiger partial charge in [0.1, 0.15) is 7.28 Å². The molecule has 97 valence electrons. The molecule has 0 amide bonds. The second-order valence-corrected chi connectivity index (χ2v) is 6.35. The summed E-state index contributed by atoms with van der Waals surface area (Å²) >= 11 is 0. The van der Waals surface area contributed by atoms with Crippen LogP contribution in [-0.2, 0) is 6.32 Å². The largest absolute Gasteiger partial charge is 0.115 e. The highest BCUT2D eigenvalue weighted by atomic mass is 14.2. The fraction of sp³-hybridized carbons (Fsp3) is 0.647. The molecule has 1 radical (unpaired) electrons. The minimum atomic E-state index is 0.965. The van der Waals surface area contributed by atoms with Gasteiger partial charge in [0, 0.05) is 0 Å². The summed E-state index contributed by atoms with van der Waals surface area (Å²) in [5, 5.41) is 0. The topological polar surface area (TPSA) is 0 Å². The average Bonchev–Trinajstić information content (AvgIpc) is 2.30. The summed E-state index contributed by atoms with van der Waals surface area (Å²) in [6.45, 7) is 6.79. The third-order valence-corrected chi connectivity index (χ3v) is 4.30. The Bertz CT molecular complexity index is 355. The molecule has 1 fully saturated rings. The number of rotatable bonds is 4. The maximum absolute atomic E-state index is 2.51. The molecule has 1 aromatic carbocycles. The highest BCUT2D eigenvalue weighted by Crippen LogP contribution is 2.30. The first-order valence-electron chi connectivity index (χ1n) is 7.52. The average molecular weight is 241 g/mol. The summed E-state index contributed by atoms with van der Waals surface area (Å²) in [5.41, 5.74) is 4.27. The third-order valence-electron chi connectivity index (χ3n) is 4.30. The lowest BCUT2D eigenvalue weighted by Crippen LogP contribution is -2.14. The van der Waals surface area contributed by atoms with E-state index in [0.717, 1.165) is 18.2 Å². The molecule has 18 heavy (non-hydrogen) atoms. The van der Waals surface area contributed by atoms with Crippen molar-refractivity contribution in [3.05, 3.63) is 34.9 Å². The van der Waals surface area contributed by atoms with E-state index in [0.29, 0.717) is 0 Å². The summed E-state index contributed by atoms with van der Waals surface area (Å²) in [5.74, 6) is 1.94. The fourth-order valence-electron chi connectivity index (χ4n) is 3.24. The smallest absolute Gasteiger partial charge is 0.0771 e. The van der Waals surface area contributed by atoms with Crippen LogP contribution >= 0.6 is 0 Å². The predicted octanol–water partition coefficient (Wildman–Crippen LogP) is 4.75. The first kappa shape index (κ1) is 13.7. The van der Waals surface area contributed by atoms with E-state index in [1.54, 1.807) is 0 Å². The van der Waals surface area contributed by atoms with E-state index >= 15 is 0 Å². The van der Waals surface area contributed by atoms with Crippen LogP contribution in [0.5, 0.6) is 0 Å². The molecule has 1 heteroatoms. The monoisotopic (exact) mass is 241 g/mol. The summed E-state index contributed by atoms with van der Waals surface area (Å²) in [6.07, 6.45) is 8.26. The van der Waals surface area contributed by atoms with E-state index in [1.807, 2.05) is 0 Å². The van der Waals surface area contributed by atoms with E-state index < -0.39 is 0 Å². The molecule has 1 saturated carbocycles. The van der Waals surface area contributed by atoms with Gasteiger partial charge in [-0.25, -0.2) is 0 Å². The molecule has 1 aliphatic carbocycles. The van der Waals surface area contributed by atoms with Gasteiger partial charge in [0.05, 0.1) is 0 Å². The lowest BCUT2D eigenvalue weighted by atomic mass is 9.62. The van der Waals surface area contributed by atoms with Crippen LogP contribution < -0.4 is 0 Å². The molecule has 1 aromatic rings. The number of aryl methyl sites for hydroxylation is 2. The summed E-state index contributed by atoms with van der Waals surface area (Å²) in [4.78, 5) is 0. The van der Waals surface area contributed by atoms with Gasteiger partial charge in [-0.1, -0.05) is 80.1 Å². The van der Waals surface area contributed by atoms with Gasteiger partial charge in [0.2, 0.25) is 0 Å². The maximum atomic E-state index is 2.51. The first-order valence-corrected chi connectivity index (χ1v) is 7.52. The van der Waals surface area contributed by atoms with Crippen molar-refractivity contribution in [1.29, 1.82) is 0 Å². The highest BCUT2D eigenvalue weighted by Gasteiger charge is 2.17. The Labute approximate surface area is 113 Å². The zero-order chi connectivity index (χ0) is 13.0. The van der Waals surface area contributed by atoms with Crippen molar-refractivity contribution in [2.75, 3.05) is 0 Å². The van der Waals surface area contributed by atoms with Crippen molar-refractivity contribution in [3.8, 4) is 0 Å². The third kappa shape index (κ3) is 4.19. The molecular weight excluding hydrogens is 215 g/mol. The zero-order valence-corrected chi connectivity index (χ0v) is 12.2. The quantitative estimate of drug-likeness (QED) is 0.667. The normalized spacial score (nSPS) is 23.9. The van der Waals surface area contributed by atoms with Crippen LogP contribution in [0.1, 0.15) is 49.3 Å². The Morgan fingerprint density at radius 1 is 1.00 bits per heavy atom. The minimum absolute atomic E-state index is 0.965. The second kappa shape index (κ2) is 6.45. The Kier molecular flexibility index (Phi) is 4.91. The molecule has 0 spiro atoms. The van der Waals surface area contributed by atoms with Gasteiger partial charge in [-0.15, -0.1) is 0 Å². The van der Waals surface area contributed by atoms with Gasteiger partial charge < -0.3 is 0 Å². The molecule has 2 rings (SSSR count). The fourth-order valence-corrected chi connectivity index (χ4v) is 3.24. The molecule has 0 aliphatic heterocycles. The molecule has 0 atom stereocenters. The van der Waals surface area contributed by atoms with Crippen LogP contribution in [0.3, 0.4) is 0 Å².